The van der Waals surface area contributed by atoms with Crippen LogP contribution in [-0.4, -0.2) is 35.8 Å². The van der Waals surface area contributed by atoms with Crippen molar-refractivity contribution in [1.82, 2.24) is 0 Å². The zero-order valence-electron chi connectivity index (χ0n) is 14.1. The zero-order chi connectivity index (χ0) is 16.6. The number of hydrogen-bond acceptors (Lipinski definition) is 4. The molecule has 4 aliphatic rings. The fourth-order valence-electron chi connectivity index (χ4n) is 5.20. The van der Waals surface area contributed by atoms with Gasteiger partial charge in [0.25, 0.3) is 0 Å². The second-order valence-corrected chi connectivity index (χ2v) is 7.75. The highest BCUT2D eigenvalue weighted by Crippen LogP contribution is 2.62. The molecule has 2 heterocycles. The van der Waals surface area contributed by atoms with Crippen molar-refractivity contribution < 1.29 is 19.4 Å². The fraction of sp³-hybridized carbons (Fsp3) is 0.632. The molecule has 0 aromatic rings. The standard InChI is InChI=1S/C19H24O4/c1-10-11-7-5-6-8-12(11)16(21)19-9-13(20)17(23-19)18(2,3)15(19)14(10)22-4/h16-17,21H,1,5-9H2,2-4H3/t16-,17-,19-/m0/s1. The molecule has 0 saturated carbocycles. The molecule has 1 N–H and O–H groups in total. The van der Waals surface area contributed by atoms with Crippen molar-refractivity contribution in [3.8, 4) is 0 Å². The zero-order valence-corrected chi connectivity index (χ0v) is 14.1. The largest absolute Gasteiger partial charge is 0.496 e. The number of ketones is 1. The molecule has 3 atom stereocenters. The summed E-state index contributed by atoms with van der Waals surface area (Å²) in [6.45, 7) is 8.30. The Labute approximate surface area is 136 Å². The summed E-state index contributed by atoms with van der Waals surface area (Å²) in [5.74, 6) is 0.801. The van der Waals surface area contributed by atoms with Crippen LogP contribution in [0.1, 0.15) is 46.0 Å². The van der Waals surface area contributed by atoms with Crippen LogP contribution in [0.3, 0.4) is 0 Å². The molecule has 0 unspecified atom stereocenters. The molecule has 2 aliphatic carbocycles. The molecule has 2 bridgehead atoms. The Morgan fingerprint density at radius 3 is 2.70 bits per heavy atom. The van der Waals surface area contributed by atoms with Gasteiger partial charge in [0.15, 0.2) is 5.78 Å². The molecule has 2 fully saturated rings. The lowest BCUT2D eigenvalue weighted by Gasteiger charge is -2.38. The number of aliphatic hydroxyl groups is 1. The lowest BCUT2D eigenvalue weighted by Crippen LogP contribution is -2.47. The molecule has 1 spiro atoms. The maximum Gasteiger partial charge on any atom is 0.165 e. The molecule has 124 valence electrons. The average molecular weight is 316 g/mol. The summed E-state index contributed by atoms with van der Waals surface area (Å²) in [7, 11) is 1.64. The van der Waals surface area contributed by atoms with Crippen molar-refractivity contribution in [3.63, 3.8) is 0 Å². The van der Waals surface area contributed by atoms with Crippen LogP contribution in [0.2, 0.25) is 0 Å². The van der Waals surface area contributed by atoms with Crippen LogP contribution in [0.15, 0.2) is 34.6 Å². The predicted molar refractivity (Wildman–Crippen MR) is 85.7 cm³/mol. The van der Waals surface area contributed by atoms with E-state index in [1.807, 2.05) is 13.8 Å². The van der Waals surface area contributed by atoms with Crippen LogP contribution in [-0.2, 0) is 14.3 Å². The van der Waals surface area contributed by atoms with E-state index < -0.39 is 23.2 Å². The van der Waals surface area contributed by atoms with Gasteiger partial charge in [-0.2, -0.15) is 0 Å². The first kappa shape index (κ1) is 15.2. The maximum atomic E-state index is 12.5. The van der Waals surface area contributed by atoms with Gasteiger partial charge in [-0.05, 0) is 36.8 Å². The van der Waals surface area contributed by atoms with Crippen LogP contribution in [0, 0.1) is 5.41 Å². The summed E-state index contributed by atoms with van der Waals surface area (Å²) < 4.78 is 12.0. The van der Waals surface area contributed by atoms with Gasteiger partial charge in [-0.25, -0.2) is 0 Å². The first-order chi connectivity index (χ1) is 10.8. The van der Waals surface area contributed by atoms with Crippen molar-refractivity contribution >= 4 is 5.78 Å². The first-order valence-corrected chi connectivity index (χ1v) is 8.44. The summed E-state index contributed by atoms with van der Waals surface area (Å²) >= 11 is 0. The van der Waals surface area contributed by atoms with Crippen LogP contribution < -0.4 is 0 Å². The van der Waals surface area contributed by atoms with E-state index in [1.165, 1.54) is 0 Å². The van der Waals surface area contributed by atoms with E-state index in [-0.39, 0.29) is 12.2 Å². The number of hydrogen-bond donors (Lipinski definition) is 1. The molecule has 0 aromatic carbocycles. The number of rotatable bonds is 1. The highest BCUT2D eigenvalue weighted by molar-refractivity contribution is 5.91. The SMILES string of the molecule is C=C1C2=C(CCCC2)[C@H](O)[C@@]23CC(=O)[C@H](O2)C(C)(C)C3=C1OC. The molecule has 0 aromatic heterocycles. The molecule has 4 nitrogen and oxygen atoms in total. The van der Waals surface area contributed by atoms with Gasteiger partial charge in [0.05, 0.1) is 7.11 Å². The smallest absolute Gasteiger partial charge is 0.165 e. The second kappa shape index (κ2) is 4.58. The number of carbonyl (C=O) groups excluding carboxylic acids is 1. The van der Waals surface area contributed by atoms with Crippen molar-refractivity contribution in [2.24, 2.45) is 5.41 Å². The van der Waals surface area contributed by atoms with E-state index in [0.717, 1.165) is 53.7 Å². The molecule has 0 radical (unpaired) electrons. The maximum absolute atomic E-state index is 12.5. The van der Waals surface area contributed by atoms with Crippen LogP contribution in [0.4, 0.5) is 0 Å². The lowest BCUT2D eigenvalue weighted by atomic mass is 9.64. The number of fused-ring (bicyclic) bond motifs is 1. The second-order valence-electron chi connectivity index (χ2n) is 7.75. The summed E-state index contributed by atoms with van der Waals surface area (Å²) in [5, 5.41) is 11.2. The molecule has 23 heavy (non-hydrogen) atoms. The topological polar surface area (TPSA) is 55.8 Å². The Morgan fingerprint density at radius 1 is 1.30 bits per heavy atom. The summed E-state index contributed by atoms with van der Waals surface area (Å²) in [6, 6.07) is 0. The van der Waals surface area contributed by atoms with E-state index in [4.69, 9.17) is 9.47 Å². The van der Waals surface area contributed by atoms with E-state index >= 15 is 0 Å². The summed E-state index contributed by atoms with van der Waals surface area (Å²) in [4.78, 5) is 12.5. The normalized spacial score (nSPS) is 38.6. The van der Waals surface area contributed by atoms with Crippen molar-refractivity contribution in [2.45, 2.75) is 63.8 Å². The Kier molecular flexibility index (Phi) is 3.02. The lowest BCUT2D eigenvalue weighted by molar-refractivity contribution is -0.125. The molecular formula is C19H24O4. The number of methoxy groups -OCH3 is 1. The van der Waals surface area contributed by atoms with E-state index in [2.05, 4.69) is 6.58 Å². The number of aliphatic hydroxyl groups excluding tert-OH is 1. The van der Waals surface area contributed by atoms with Crippen LogP contribution in [0.25, 0.3) is 0 Å². The first-order valence-electron chi connectivity index (χ1n) is 8.44. The van der Waals surface area contributed by atoms with Crippen molar-refractivity contribution in [2.75, 3.05) is 7.11 Å². The van der Waals surface area contributed by atoms with E-state index in [1.54, 1.807) is 7.11 Å². The van der Waals surface area contributed by atoms with Gasteiger partial charge in [0, 0.05) is 23.0 Å². The minimum Gasteiger partial charge on any atom is -0.496 e. The van der Waals surface area contributed by atoms with Gasteiger partial charge >= 0.3 is 0 Å². The molecule has 4 rings (SSSR count). The number of ether oxygens (including phenoxy) is 2. The number of allylic oxidation sites excluding steroid dienone is 1. The molecule has 2 aliphatic heterocycles. The Hall–Kier alpha value is -1.39. The van der Waals surface area contributed by atoms with Gasteiger partial charge in [-0.1, -0.05) is 20.4 Å². The van der Waals surface area contributed by atoms with Crippen molar-refractivity contribution in [1.29, 1.82) is 0 Å². The van der Waals surface area contributed by atoms with Crippen molar-refractivity contribution in [3.05, 3.63) is 34.6 Å². The van der Waals surface area contributed by atoms with Gasteiger partial charge in [-0.3, -0.25) is 4.79 Å². The number of carbonyl (C=O) groups is 1. The molecule has 4 heteroatoms. The average Bonchev–Trinajstić information content (AvgIpc) is 2.96. The Bertz CT molecular complexity index is 681. The Morgan fingerprint density at radius 2 is 2.00 bits per heavy atom. The molecule has 2 saturated heterocycles. The van der Waals surface area contributed by atoms with Gasteiger partial charge < -0.3 is 14.6 Å². The van der Waals surface area contributed by atoms with E-state index in [9.17, 15) is 9.90 Å². The van der Waals surface area contributed by atoms with Crippen LogP contribution >= 0.6 is 0 Å². The summed E-state index contributed by atoms with van der Waals surface area (Å²) in [5.41, 5.74) is 2.44. The molecular weight excluding hydrogens is 292 g/mol. The third-order valence-corrected chi connectivity index (χ3v) is 6.13. The van der Waals surface area contributed by atoms with E-state index in [0.29, 0.717) is 0 Å². The van der Waals surface area contributed by atoms with Crippen LogP contribution in [0.5, 0.6) is 0 Å². The predicted octanol–water partition coefficient (Wildman–Crippen LogP) is 2.82. The minimum atomic E-state index is -0.964. The number of Topliss-reactive ketones (excluding diaryl/α,β-unsaturated/α-hetero) is 1. The van der Waals surface area contributed by atoms with Gasteiger partial charge in [0.1, 0.15) is 23.6 Å². The third kappa shape index (κ3) is 1.66. The molecule has 0 amide bonds. The van der Waals surface area contributed by atoms with Gasteiger partial charge in [-0.15, -0.1) is 0 Å². The minimum absolute atomic E-state index is 0.0822. The summed E-state index contributed by atoms with van der Waals surface area (Å²) in [6.07, 6.45) is 2.83. The third-order valence-electron chi connectivity index (χ3n) is 6.13. The fourth-order valence-corrected chi connectivity index (χ4v) is 5.20. The van der Waals surface area contributed by atoms with Gasteiger partial charge in [0.2, 0.25) is 0 Å². The highest BCUT2D eigenvalue weighted by atomic mass is 16.5. The quantitative estimate of drug-likeness (QED) is 0.808. The highest BCUT2D eigenvalue weighted by Gasteiger charge is 2.69. The Balaban J connectivity index is 2.02. The monoisotopic (exact) mass is 316 g/mol.